The van der Waals surface area contributed by atoms with Crippen molar-refractivity contribution in [2.45, 2.75) is 25.3 Å². The van der Waals surface area contributed by atoms with Gasteiger partial charge in [0.1, 0.15) is 12.4 Å². The summed E-state index contributed by atoms with van der Waals surface area (Å²) in [5.41, 5.74) is 7.11. The van der Waals surface area contributed by atoms with Gasteiger partial charge in [-0.3, -0.25) is 4.99 Å². The second kappa shape index (κ2) is 8.77. The molecule has 1 heterocycles. The SMILES string of the molecule is C#CCOc1ccccc1C=Nc1ccc([C@@H]2Nc3ccc(C)cc3[C@@H]3C=CC[C@H]32)cc1. The van der Waals surface area contributed by atoms with Gasteiger partial charge in [-0.25, -0.2) is 0 Å². The molecular weight excluding hydrogens is 392 g/mol. The molecule has 3 nitrogen and oxygen atoms in total. The average Bonchev–Trinajstić information content (AvgIpc) is 3.32. The van der Waals surface area contributed by atoms with Gasteiger partial charge in [0.2, 0.25) is 0 Å². The molecule has 0 spiro atoms. The lowest BCUT2D eigenvalue weighted by atomic mass is 9.76. The highest BCUT2D eigenvalue weighted by Gasteiger charge is 2.37. The van der Waals surface area contributed by atoms with Crippen LogP contribution in [0, 0.1) is 25.2 Å². The zero-order valence-electron chi connectivity index (χ0n) is 18.2. The van der Waals surface area contributed by atoms with Crippen molar-refractivity contribution >= 4 is 17.6 Å². The van der Waals surface area contributed by atoms with Crippen LogP contribution >= 0.6 is 0 Å². The normalized spacial score (nSPS) is 20.9. The van der Waals surface area contributed by atoms with Crippen molar-refractivity contribution < 1.29 is 4.74 Å². The molecule has 0 bridgehead atoms. The van der Waals surface area contributed by atoms with E-state index < -0.39 is 0 Å². The fraction of sp³-hybridized carbons (Fsp3) is 0.207. The lowest BCUT2D eigenvalue weighted by Gasteiger charge is -2.37. The van der Waals surface area contributed by atoms with Crippen LogP contribution in [0.15, 0.2) is 83.9 Å². The zero-order chi connectivity index (χ0) is 21.9. The Morgan fingerprint density at radius 3 is 2.81 bits per heavy atom. The van der Waals surface area contributed by atoms with E-state index in [1.807, 2.05) is 30.5 Å². The highest BCUT2D eigenvalue weighted by atomic mass is 16.5. The van der Waals surface area contributed by atoms with Crippen molar-refractivity contribution in [2.75, 3.05) is 11.9 Å². The number of nitrogens with one attached hydrogen (secondary N) is 1. The molecule has 0 unspecified atom stereocenters. The van der Waals surface area contributed by atoms with Crippen LogP contribution in [0.4, 0.5) is 11.4 Å². The van der Waals surface area contributed by atoms with Crippen molar-refractivity contribution in [1.29, 1.82) is 0 Å². The summed E-state index contributed by atoms with van der Waals surface area (Å²) in [6, 6.07) is 23.4. The fourth-order valence-electron chi connectivity index (χ4n) is 4.79. The predicted molar refractivity (Wildman–Crippen MR) is 132 cm³/mol. The maximum absolute atomic E-state index is 5.61. The molecule has 0 radical (unpaired) electrons. The number of allylic oxidation sites excluding steroid dienone is 2. The van der Waals surface area contributed by atoms with Crippen LogP contribution in [0.5, 0.6) is 5.75 Å². The average molecular weight is 419 g/mol. The lowest BCUT2D eigenvalue weighted by Crippen LogP contribution is -2.29. The standard InChI is InChI=1S/C29H26N2O/c1-3-17-32-28-10-5-4-7-22(28)19-30-23-14-12-21(13-15-23)29-25-9-6-8-24(25)26-18-20(2)11-16-27(26)31-29/h1,4-8,10-16,18-19,24-25,29,31H,9,17H2,2H3/t24-,25-,29+/m1/s1. The van der Waals surface area contributed by atoms with Crippen LogP contribution in [-0.4, -0.2) is 12.8 Å². The third-order valence-electron chi connectivity index (χ3n) is 6.35. The number of terminal acetylenes is 1. The van der Waals surface area contributed by atoms with E-state index in [4.69, 9.17) is 11.2 Å². The fourth-order valence-corrected chi connectivity index (χ4v) is 4.79. The first-order valence-electron chi connectivity index (χ1n) is 11.1. The Morgan fingerprint density at radius 1 is 1.12 bits per heavy atom. The van der Waals surface area contributed by atoms with Crippen LogP contribution in [0.3, 0.4) is 0 Å². The van der Waals surface area contributed by atoms with Gasteiger partial charge < -0.3 is 10.1 Å². The number of hydrogen-bond donors (Lipinski definition) is 1. The Balaban J connectivity index is 1.36. The monoisotopic (exact) mass is 418 g/mol. The molecule has 32 heavy (non-hydrogen) atoms. The van der Waals surface area contributed by atoms with E-state index in [1.165, 1.54) is 22.4 Å². The van der Waals surface area contributed by atoms with Crippen LogP contribution in [0.1, 0.15) is 40.6 Å². The van der Waals surface area contributed by atoms with E-state index >= 15 is 0 Å². The Bertz CT molecular complexity index is 1220. The zero-order valence-corrected chi connectivity index (χ0v) is 18.2. The van der Waals surface area contributed by atoms with Gasteiger partial charge in [0.15, 0.2) is 0 Å². The third kappa shape index (κ3) is 3.92. The smallest absolute Gasteiger partial charge is 0.148 e. The molecular formula is C29H26N2O. The summed E-state index contributed by atoms with van der Waals surface area (Å²) in [5, 5.41) is 3.81. The molecule has 0 aromatic heterocycles. The predicted octanol–water partition coefficient (Wildman–Crippen LogP) is 6.58. The van der Waals surface area contributed by atoms with E-state index in [0.29, 0.717) is 17.9 Å². The Labute approximate surface area is 189 Å². The number of fused-ring (bicyclic) bond motifs is 3. The van der Waals surface area contributed by atoms with Crippen molar-refractivity contribution in [2.24, 2.45) is 10.9 Å². The van der Waals surface area contributed by atoms with Crippen LogP contribution in [0.25, 0.3) is 0 Å². The summed E-state index contributed by atoms with van der Waals surface area (Å²) in [6.45, 7) is 2.41. The lowest BCUT2D eigenvalue weighted by molar-refractivity contribution is 0.370. The number of para-hydroxylation sites is 1. The number of rotatable bonds is 5. The summed E-state index contributed by atoms with van der Waals surface area (Å²) < 4.78 is 5.61. The molecule has 1 N–H and O–H groups in total. The minimum Gasteiger partial charge on any atom is -0.480 e. The summed E-state index contributed by atoms with van der Waals surface area (Å²) in [5.74, 6) is 4.26. The van der Waals surface area contributed by atoms with Gasteiger partial charge in [0.05, 0.1) is 11.7 Å². The largest absolute Gasteiger partial charge is 0.480 e. The van der Waals surface area contributed by atoms with E-state index in [2.05, 4.69) is 77.8 Å². The van der Waals surface area contributed by atoms with Crippen LogP contribution in [-0.2, 0) is 0 Å². The van der Waals surface area contributed by atoms with Crippen molar-refractivity contribution in [3.63, 3.8) is 0 Å². The maximum Gasteiger partial charge on any atom is 0.148 e. The van der Waals surface area contributed by atoms with Crippen molar-refractivity contribution in [1.82, 2.24) is 0 Å². The van der Waals surface area contributed by atoms with Gasteiger partial charge in [-0.1, -0.05) is 60.0 Å². The molecule has 1 aliphatic carbocycles. The Morgan fingerprint density at radius 2 is 1.97 bits per heavy atom. The van der Waals surface area contributed by atoms with Gasteiger partial charge in [0, 0.05) is 23.4 Å². The first kappa shape index (κ1) is 20.2. The maximum atomic E-state index is 5.61. The molecule has 158 valence electrons. The first-order chi connectivity index (χ1) is 15.7. The highest BCUT2D eigenvalue weighted by Crippen LogP contribution is 2.50. The summed E-state index contributed by atoms with van der Waals surface area (Å²) in [6.07, 6.45) is 13.0. The van der Waals surface area contributed by atoms with Gasteiger partial charge >= 0.3 is 0 Å². The van der Waals surface area contributed by atoms with E-state index in [1.54, 1.807) is 0 Å². The molecule has 0 saturated heterocycles. The first-order valence-corrected chi connectivity index (χ1v) is 11.1. The second-order valence-electron chi connectivity index (χ2n) is 8.45. The van der Waals surface area contributed by atoms with Crippen LogP contribution in [0.2, 0.25) is 0 Å². The number of anilines is 1. The molecule has 1 aliphatic heterocycles. The quantitative estimate of drug-likeness (QED) is 0.288. The Hall–Kier alpha value is -3.77. The Kier molecular flexibility index (Phi) is 5.52. The molecule has 3 aromatic rings. The van der Waals surface area contributed by atoms with Crippen molar-refractivity contribution in [3.05, 3.63) is 101 Å². The third-order valence-corrected chi connectivity index (χ3v) is 6.35. The van der Waals surface area contributed by atoms with E-state index in [-0.39, 0.29) is 6.61 Å². The highest BCUT2D eigenvalue weighted by molar-refractivity contribution is 5.85. The summed E-state index contributed by atoms with van der Waals surface area (Å²) >= 11 is 0. The molecule has 3 aromatic carbocycles. The van der Waals surface area contributed by atoms with Gasteiger partial charge in [-0.05, 0) is 60.7 Å². The molecule has 0 amide bonds. The topological polar surface area (TPSA) is 33.6 Å². The molecule has 0 fully saturated rings. The number of benzene rings is 3. The second-order valence-corrected chi connectivity index (χ2v) is 8.45. The molecule has 3 atom stereocenters. The number of nitrogens with zero attached hydrogens (tertiary/aromatic N) is 1. The number of aryl methyl sites for hydroxylation is 1. The van der Waals surface area contributed by atoms with Gasteiger partial charge in [0.25, 0.3) is 0 Å². The minimum absolute atomic E-state index is 0.244. The van der Waals surface area contributed by atoms with E-state index in [9.17, 15) is 0 Å². The molecule has 2 aliphatic rings. The molecule has 3 heteroatoms. The van der Waals surface area contributed by atoms with Crippen LogP contribution < -0.4 is 10.1 Å². The molecule has 5 rings (SSSR count). The van der Waals surface area contributed by atoms with Gasteiger partial charge in [-0.15, -0.1) is 6.42 Å². The van der Waals surface area contributed by atoms with Gasteiger partial charge in [-0.2, -0.15) is 0 Å². The minimum atomic E-state index is 0.244. The summed E-state index contributed by atoms with van der Waals surface area (Å²) in [7, 11) is 0. The summed E-state index contributed by atoms with van der Waals surface area (Å²) in [4.78, 5) is 4.65. The molecule has 0 saturated carbocycles. The van der Waals surface area contributed by atoms with Crippen molar-refractivity contribution in [3.8, 4) is 18.1 Å². The number of hydrogen-bond acceptors (Lipinski definition) is 3. The number of aliphatic imine (C=N–C) groups is 1. The van der Waals surface area contributed by atoms with E-state index in [0.717, 1.165) is 23.4 Å². The number of ether oxygens (including phenoxy) is 1.